The average Bonchev–Trinajstić information content (AvgIpc) is 2.43. The lowest BCUT2D eigenvalue weighted by Crippen LogP contribution is -2.53. The second-order valence-electron chi connectivity index (χ2n) is 8.84. The van der Waals surface area contributed by atoms with E-state index in [4.69, 9.17) is 0 Å². The molecular weight excluding hydrogens is 256 g/mol. The summed E-state index contributed by atoms with van der Waals surface area (Å²) in [7, 11) is 0. The molecule has 0 aromatic rings. The highest BCUT2D eigenvalue weighted by molar-refractivity contribution is 5.85. The Labute approximate surface area is 129 Å². The maximum Gasteiger partial charge on any atom is 0.138 e. The lowest BCUT2D eigenvalue weighted by atomic mass is 9.45. The molecule has 0 aromatic heterocycles. The Morgan fingerprint density at radius 3 is 2.62 bits per heavy atom. The van der Waals surface area contributed by atoms with Crippen molar-refractivity contribution in [3.05, 3.63) is 24.3 Å². The lowest BCUT2D eigenvalue weighted by Gasteiger charge is -2.58. The summed E-state index contributed by atoms with van der Waals surface area (Å²) in [6.07, 6.45) is 11.3. The van der Waals surface area contributed by atoms with Gasteiger partial charge in [0.15, 0.2) is 0 Å². The number of allylic oxidation sites excluding steroid dienone is 3. The minimum absolute atomic E-state index is 0.145. The zero-order valence-electron chi connectivity index (χ0n) is 14.2. The molecule has 0 saturated heterocycles. The highest BCUT2D eigenvalue weighted by atomic mass is 16.1. The molecule has 0 unspecified atom stereocenters. The van der Waals surface area contributed by atoms with Crippen molar-refractivity contribution in [2.24, 2.45) is 28.1 Å². The van der Waals surface area contributed by atoms with Crippen molar-refractivity contribution in [1.29, 1.82) is 0 Å². The SMILES string of the molecule is C=C[C@@]1(C)CC[C@H]2C(=CC[C@H]3C(C)(C)C(=O)CC[C@]23C)C1. The van der Waals surface area contributed by atoms with Crippen LogP contribution in [-0.2, 0) is 4.79 Å². The molecule has 2 saturated carbocycles. The minimum Gasteiger partial charge on any atom is -0.299 e. The summed E-state index contributed by atoms with van der Waals surface area (Å²) >= 11 is 0. The van der Waals surface area contributed by atoms with Crippen LogP contribution in [-0.4, -0.2) is 5.78 Å². The van der Waals surface area contributed by atoms with Gasteiger partial charge in [-0.1, -0.05) is 45.4 Å². The molecule has 116 valence electrons. The third kappa shape index (κ3) is 2.07. The molecule has 0 radical (unpaired) electrons. The van der Waals surface area contributed by atoms with Gasteiger partial charge in [-0.2, -0.15) is 0 Å². The number of carbonyl (C=O) groups excluding carboxylic acids is 1. The van der Waals surface area contributed by atoms with E-state index in [-0.39, 0.29) is 10.8 Å². The molecule has 4 atom stereocenters. The van der Waals surface area contributed by atoms with Crippen LogP contribution < -0.4 is 0 Å². The molecule has 21 heavy (non-hydrogen) atoms. The Hall–Kier alpha value is -0.850. The van der Waals surface area contributed by atoms with E-state index in [1.165, 1.54) is 19.3 Å². The van der Waals surface area contributed by atoms with Gasteiger partial charge in [0, 0.05) is 11.8 Å². The third-order valence-corrected chi connectivity index (χ3v) is 7.24. The summed E-state index contributed by atoms with van der Waals surface area (Å²) in [6, 6.07) is 0. The van der Waals surface area contributed by atoms with E-state index in [9.17, 15) is 4.79 Å². The van der Waals surface area contributed by atoms with E-state index in [1.54, 1.807) is 5.57 Å². The molecule has 0 heterocycles. The van der Waals surface area contributed by atoms with Crippen LogP contribution in [0.15, 0.2) is 24.3 Å². The average molecular weight is 286 g/mol. The van der Waals surface area contributed by atoms with Gasteiger partial charge in [0.2, 0.25) is 0 Å². The molecule has 2 fully saturated rings. The zero-order valence-corrected chi connectivity index (χ0v) is 14.2. The zero-order chi connectivity index (χ0) is 15.5. The number of carbonyl (C=O) groups is 1. The van der Waals surface area contributed by atoms with Gasteiger partial charge >= 0.3 is 0 Å². The van der Waals surface area contributed by atoms with Crippen LogP contribution in [0.1, 0.15) is 66.2 Å². The van der Waals surface area contributed by atoms with E-state index < -0.39 is 0 Å². The molecule has 0 N–H and O–H groups in total. The van der Waals surface area contributed by atoms with Crippen LogP contribution >= 0.6 is 0 Å². The first-order valence-corrected chi connectivity index (χ1v) is 8.59. The lowest BCUT2D eigenvalue weighted by molar-refractivity contribution is -0.143. The highest BCUT2D eigenvalue weighted by Crippen LogP contribution is 2.62. The van der Waals surface area contributed by atoms with E-state index in [0.29, 0.717) is 23.0 Å². The van der Waals surface area contributed by atoms with Crippen molar-refractivity contribution in [2.75, 3.05) is 0 Å². The van der Waals surface area contributed by atoms with Crippen LogP contribution in [0, 0.1) is 28.1 Å². The van der Waals surface area contributed by atoms with Crippen molar-refractivity contribution in [1.82, 2.24) is 0 Å². The quantitative estimate of drug-likeness (QED) is 0.596. The second kappa shape index (κ2) is 4.57. The topological polar surface area (TPSA) is 17.1 Å². The fourth-order valence-corrected chi connectivity index (χ4v) is 5.63. The van der Waals surface area contributed by atoms with E-state index in [1.807, 2.05) is 0 Å². The molecule has 0 spiro atoms. The Bertz CT molecular complexity index is 512. The summed E-state index contributed by atoms with van der Waals surface area (Å²) in [5.74, 6) is 1.69. The Morgan fingerprint density at radius 1 is 1.24 bits per heavy atom. The summed E-state index contributed by atoms with van der Waals surface area (Å²) in [6.45, 7) is 13.2. The molecule has 3 rings (SSSR count). The molecule has 0 aliphatic heterocycles. The van der Waals surface area contributed by atoms with Gasteiger partial charge < -0.3 is 0 Å². The van der Waals surface area contributed by atoms with Crippen LogP contribution in [0.4, 0.5) is 0 Å². The van der Waals surface area contributed by atoms with Gasteiger partial charge in [0.25, 0.3) is 0 Å². The molecule has 3 aliphatic carbocycles. The van der Waals surface area contributed by atoms with E-state index in [2.05, 4.69) is 46.4 Å². The van der Waals surface area contributed by atoms with Gasteiger partial charge in [0.05, 0.1) is 0 Å². The molecule has 1 nitrogen and oxygen atoms in total. The highest BCUT2D eigenvalue weighted by Gasteiger charge is 2.56. The van der Waals surface area contributed by atoms with Gasteiger partial charge in [-0.3, -0.25) is 4.79 Å². The largest absolute Gasteiger partial charge is 0.299 e. The van der Waals surface area contributed by atoms with E-state index >= 15 is 0 Å². The van der Waals surface area contributed by atoms with Crippen LogP contribution in [0.3, 0.4) is 0 Å². The van der Waals surface area contributed by atoms with Gasteiger partial charge in [-0.15, -0.1) is 6.58 Å². The number of Topliss-reactive ketones (excluding diaryl/α,β-unsaturated/α-hetero) is 1. The normalized spacial score (nSPS) is 45.3. The van der Waals surface area contributed by atoms with Crippen LogP contribution in [0.2, 0.25) is 0 Å². The molecule has 0 amide bonds. The molecule has 0 bridgehead atoms. The summed E-state index contributed by atoms with van der Waals surface area (Å²) in [4.78, 5) is 12.4. The summed E-state index contributed by atoms with van der Waals surface area (Å²) < 4.78 is 0. The van der Waals surface area contributed by atoms with Gasteiger partial charge in [-0.25, -0.2) is 0 Å². The molecule has 3 aliphatic rings. The maximum atomic E-state index is 12.4. The smallest absolute Gasteiger partial charge is 0.138 e. The van der Waals surface area contributed by atoms with Crippen molar-refractivity contribution in [3.63, 3.8) is 0 Å². The Kier molecular flexibility index (Phi) is 3.28. The molecular formula is C20H30O. The summed E-state index contributed by atoms with van der Waals surface area (Å²) in [5.41, 5.74) is 2.12. The van der Waals surface area contributed by atoms with Crippen molar-refractivity contribution < 1.29 is 4.79 Å². The minimum atomic E-state index is -0.145. The number of rotatable bonds is 1. The molecule has 1 heteroatoms. The predicted molar refractivity (Wildman–Crippen MR) is 88.0 cm³/mol. The fourth-order valence-electron chi connectivity index (χ4n) is 5.63. The maximum absolute atomic E-state index is 12.4. The second-order valence-corrected chi connectivity index (χ2v) is 8.84. The third-order valence-electron chi connectivity index (χ3n) is 7.24. The van der Waals surface area contributed by atoms with Gasteiger partial charge in [-0.05, 0) is 54.8 Å². The Balaban J connectivity index is 1.97. The fraction of sp³-hybridized carbons (Fsp3) is 0.750. The number of ketones is 1. The monoisotopic (exact) mass is 286 g/mol. The predicted octanol–water partition coefficient (Wildman–Crippen LogP) is 5.32. The van der Waals surface area contributed by atoms with Crippen LogP contribution in [0.25, 0.3) is 0 Å². The molecule has 0 aromatic carbocycles. The first-order chi connectivity index (χ1) is 9.73. The van der Waals surface area contributed by atoms with Crippen molar-refractivity contribution in [3.8, 4) is 0 Å². The van der Waals surface area contributed by atoms with Gasteiger partial charge in [0.1, 0.15) is 5.78 Å². The number of hydrogen-bond donors (Lipinski definition) is 0. The van der Waals surface area contributed by atoms with E-state index in [0.717, 1.165) is 19.3 Å². The Morgan fingerprint density at radius 2 is 1.95 bits per heavy atom. The van der Waals surface area contributed by atoms with Crippen molar-refractivity contribution >= 4 is 5.78 Å². The van der Waals surface area contributed by atoms with Crippen molar-refractivity contribution in [2.45, 2.75) is 66.2 Å². The van der Waals surface area contributed by atoms with Crippen LogP contribution in [0.5, 0.6) is 0 Å². The first-order valence-electron chi connectivity index (χ1n) is 8.59. The standard InChI is InChI=1S/C20H30O/c1-6-19(4)11-9-15-14(13-19)7-8-16-18(2,3)17(21)10-12-20(15,16)5/h6-7,15-16H,1,8-13H2,2-5H3/t15-,16-,19-,20+/m0/s1. The number of fused-ring (bicyclic) bond motifs is 3. The first kappa shape index (κ1) is 15.1. The number of hydrogen-bond acceptors (Lipinski definition) is 1. The summed E-state index contributed by atoms with van der Waals surface area (Å²) in [5, 5.41) is 0.